The van der Waals surface area contributed by atoms with E-state index in [9.17, 15) is 24.0 Å². The van der Waals surface area contributed by atoms with Crippen LogP contribution in [0.4, 0.5) is 5.69 Å². The van der Waals surface area contributed by atoms with Crippen LogP contribution in [0.2, 0.25) is 0 Å². The number of hydrogen-bond acceptors (Lipinski definition) is 9. The first-order chi connectivity index (χ1) is 27.7. The van der Waals surface area contributed by atoms with E-state index < -0.39 is 35.8 Å². The van der Waals surface area contributed by atoms with Crippen molar-refractivity contribution in [3.63, 3.8) is 0 Å². The summed E-state index contributed by atoms with van der Waals surface area (Å²) in [6, 6.07) is 18.0. The smallest absolute Gasteiger partial charge is 0.264 e. The molecule has 7 rings (SSSR count). The molecule has 58 heavy (non-hydrogen) atoms. The van der Waals surface area contributed by atoms with E-state index in [-0.39, 0.29) is 67.9 Å². The molecule has 5 amide bonds. The highest BCUT2D eigenvalue weighted by Gasteiger charge is 2.33. The molecule has 0 saturated carbocycles. The molecule has 306 valence electrons. The van der Waals surface area contributed by atoms with Gasteiger partial charge in [-0.3, -0.25) is 24.0 Å². The van der Waals surface area contributed by atoms with Crippen molar-refractivity contribution in [1.29, 1.82) is 0 Å². The van der Waals surface area contributed by atoms with E-state index >= 15 is 0 Å². The summed E-state index contributed by atoms with van der Waals surface area (Å²) in [4.78, 5) is 74.7. The molecule has 4 heterocycles. The van der Waals surface area contributed by atoms with Crippen LogP contribution in [0.1, 0.15) is 73.3 Å². The van der Waals surface area contributed by atoms with Gasteiger partial charge in [-0.2, -0.15) is 5.10 Å². The van der Waals surface area contributed by atoms with Gasteiger partial charge in [-0.25, -0.2) is 9.67 Å². The van der Waals surface area contributed by atoms with Crippen LogP contribution >= 0.6 is 0 Å². The number of benzene rings is 3. The second-order valence-corrected chi connectivity index (χ2v) is 15.7. The number of aryl methyl sites for hydroxylation is 1. The van der Waals surface area contributed by atoms with Crippen molar-refractivity contribution < 1.29 is 33.4 Å². The third-order valence-electron chi connectivity index (χ3n) is 10.1. The Labute approximate surface area is 338 Å². The topological polar surface area (TPSA) is 186 Å². The van der Waals surface area contributed by atoms with E-state index in [1.54, 1.807) is 44.3 Å². The lowest BCUT2D eigenvalue weighted by molar-refractivity contribution is -0.130. The number of carbonyl (C=O) groups is 5. The lowest BCUT2D eigenvalue weighted by atomic mass is 9.99. The van der Waals surface area contributed by atoms with Crippen LogP contribution in [0.15, 0.2) is 72.8 Å². The van der Waals surface area contributed by atoms with Crippen LogP contribution in [0.25, 0.3) is 0 Å². The Bertz CT molecular complexity index is 2120. The molecule has 3 aliphatic rings. The summed E-state index contributed by atoms with van der Waals surface area (Å²) < 4.78 is 13.2. The molecule has 0 saturated heterocycles. The summed E-state index contributed by atoms with van der Waals surface area (Å²) in [6.45, 7) is 9.70. The quantitative estimate of drug-likeness (QED) is 0.218. The third-order valence-corrected chi connectivity index (χ3v) is 10.1. The lowest BCUT2D eigenvalue weighted by Gasteiger charge is -2.28. The Morgan fingerprint density at radius 2 is 1.66 bits per heavy atom. The molecule has 4 aromatic rings. The highest BCUT2D eigenvalue weighted by atomic mass is 16.5. The van der Waals surface area contributed by atoms with Gasteiger partial charge in [0, 0.05) is 25.5 Å². The fourth-order valence-electron chi connectivity index (χ4n) is 7.10. The monoisotopic (exact) mass is 792 g/mol. The van der Waals surface area contributed by atoms with Gasteiger partial charge in [-0.1, -0.05) is 70.2 Å². The maximum absolute atomic E-state index is 14.4. The van der Waals surface area contributed by atoms with Crippen molar-refractivity contribution in [2.45, 2.75) is 84.6 Å². The Hall–Kier alpha value is -6.25. The minimum Gasteiger partial charge on any atom is -0.491 e. The van der Waals surface area contributed by atoms with E-state index in [2.05, 4.69) is 45.2 Å². The first-order valence-electron chi connectivity index (χ1n) is 19.7. The van der Waals surface area contributed by atoms with Crippen molar-refractivity contribution in [3.8, 4) is 11.5 Å². The van der Waals surface area contributed by atoms with E-state index in [1.807, 2.05) is 56.3 Å². The summed E-state index contributed by atoms with van der Waals surface area (Å²) >= 11 is 0. The zero-order valence-electron chi connectivity index (χ0n) is 33.8. The maximum atomic E-state index is 14.4. The van der Waals surface area contributed by atoms with Gasteiger partial charge >= 0.3 is 0 Å². The third kappa shape index (κ3) is 10.4. The molecule has 0 aliphatic carbocycles. The molecule has 2 bridgehead atoms. The van der Waals surface area contributed by atoms with E-state index in [0.717, 1.165) is 11.1 Å². The summed E-state index contributed by atoms with van der Waals surface area (Å²) in [5, 5.41) is 16.6. The average Bonchev–Trinajstić information content (AvgIpc) is 3.55. The van der Waals surface area contributed by atoms with E-state index in [0.29, 0.717) is 35.3 Å². The van der Waals surface area contributed by atoms with Gasteiger partial charge in [0.25, 0.3) is 11.8 Å². The second-order valence-electron chi connectivity index (χ2n) is 15.7. The van der Waals surface area contributed by atoms with Crippen molar-refractivity contribution in [2.75, 3.05) is 25.2 Å². The molecular weight excluding hydrogens is 741 g/mol. The number of likely N-dealkylation sites (N-methyl/N-ethyl adjacent to an activating group) is 1. The fraction of sp³-hybridized carbons (Fsp3) is 0.419. The zero-order valence-corrected chi connectivity index (χ0v) is 33.8. The van der Waals surface area contributed by atoms with Crippen LogP contribution in [-0.4, -0.2) is 82.7 Å². The molecule has 15 nitrogen and oxygen atoms in total. The maximum Gasteiger partial charge on any atom is 0.264 e. The standard InChI is InChI=1S/C43H52N8O7/c1-25(2)18-31-23-57-32-15-12-29(13-16-32)20-33(46-41(54)30-14-17-36-35(21-30)50(6)38(53)24-58-36)42(55)47-34(19-28-10-8-7-9-11-28)43(56)48-39(26(3)4)40-44-27(5)49-51(40)22-37(52)45-31/h7-17,21,25-26,31,33-34,39H,18-20,22-24H2,1-6H3,(H,45,52)(H,46,54)(H,47,55)(H,48,56)/t31-,33-,34-,39-/m0/s1. The fourth-order valence-corrected chi connectivity index (χ4v) is 7.10. The van der Waals surface area contributed by atoms with Crippen LogP contribution in [0.5, 0.6) is 11.5 Å². The molecule has 0 spiro atoms. The molecule has 0 fully saturated rings. The van der Waals surface area contributed by atoms with Gasteiger partial charge < -0.3 is 35.6 Å². The number of nitrogens with one attached hydrogen (secondary N) is 4. The van der Waals surface area contributed by atoms with E-state index in [1.165, 1.54) is 9.58 Å². The van der Waals surface area contributed by atoms with Crippen molar-refractivity contribution >= 4 is 35.2 Å². The molecule has 1 aromatic heterocycles. The predicted octanol–water partition coefficient (Wildman–Crippen LogP) is 3.45. The highest BCUT2D eigenvalue weighted by molar-refractivity contribution is 6.02. The summed E-state index contributed by atoms with van der Waals surface area (Å²) in [5.74, 6) is -0.204. The van der Waals surface area contributed by atoms with Gasteiger partial charge in [0.1, 0.15) is 42.6 Å². The van der Waals surface area contributed by atoms with Crippen molar-refractivity contribution in [3.05, 3.63) is 101 Å². The number of nitrogens with zero attached hydrogens (tertiary/aromatic N) is 4. The van der Waals surface area contributed by atoms with E-state index in [4.69, 9.17) is 9.47 Å². The normalized spacial score (nSPS) is 20.6. The van der Waals surface area contributed by atoms with Gasteiger partial charge in [0.05, 0.1) is 17.8 Å². The number of anilines is 1. The minimum absolute atomic E-state index is 0.0764. The summed E-state index contributed by atoms with van der Waals surface area (Å²) in [7, 11) is 1.61. The van der Waals surface area contributed by atoms with Crippen LogP contribution < -0.4 is 35.6 Å². The first-order valence-corrected chi connectivity index (χ1v) is 19.7. The summed E-state index contributed by atoms with van der Waals surface area (Å²) in [6.07, 6.45) is 0.889. The number of carbonyl (C=O) groups excluding carboxylic acids is 5. The molecule has 3 aromatic carbocycles. The molecular formula is C43H52N8O7. The molecule has 15 heteroatoms. The Morgan fingerprint density at radius 3 is 2.36 bits per heavy atom. The minimum atomic E-state index is -1.13. The Balaban J connectivity index is 1.36. The van der Waals surface area contributed by atoms with Crippen LogP contribution in [0.3, 0.4) is 0 Å². The Kier molecular flexibility index (Phi) is 13.1. The molecule has 4 N–H and O–H groups in total. The molecule has 4 atom stereocenters. The van der Waals surface area contributed by atoms with Gasteiger partial charge in [-0.05, 0) is 66.6 Å². The number of fused-ring (bicyclic) bond motifs is 15. The second kappa shape index (κ2) is 18.3. The number of rotatable bonds is 7. The van der Waals surface area contributed by atoms with Crippen molar-refractivity contribution in [2.24, 2.45) is 11.8 Å². The molecule has 3 aliphatic heterocycles. The first kappa shape index (κ1) is 41.4. The lowest BCUT2D eigenvalue weighted by Crippen LogP contribution is -2.55. The largest absolute Gasteiger partial charge is 0.491 e. The van der Waals surface area contributed by atoms with Gasteiger partial charge in [-0.15, -0.1) is 0 Å². The number of aromatic nitrogens is 3. The molecule has 0 unspecified atom stereocenters. The molecule has 0 radical (unpaired) electrons. The zero-order chi connectivity index (χ0) is 41.5. The number of amides is 5. The number of ether oxygens (including phenoxy) is 2. The van der Waals surface area contributed by atoms with Gasteiger partial charge in [0.15, 0.2) is 12.4 Å². The van der Waals surface area contributed by atoms with Crippen molar-refractivity contribution in [1.82, 2.24) is 36.0 Å². The average molecular weight is 793 g/mol. The summed E-state index contributed by atoms with van der Waals surface area (Å²) in [5.41, 5.74) is 2.17. The van der Waals surface area contributed by atoms with Crippen LogP contribution in [0, 0.1) is 18.8 Å². The van der Waals surface area contributed by atoms with Gasteiger partial charge in [0.2, 0.25) is 17.7 Å². The predicted molar refractivity (Wildman–Crippen MR) is 216 cm³/mol. The highest BCUT2D eigenvalue weighted by Crippen LogP contribution is 2.32. The van der Waals surface area contributed by atoms with Crippen LogP contribution in [-0.2, 0) is 38.6 Å². The number of hydrogen-bond donors (Lipinski definition) is 4. The Morgan fingerprint density at radius 1 is 0.914 bits per heavy atom. The SMILES string of the molecule is Cc1nc2n(n1)CC(=O)N[C@@H](CC(C)C)COc1ccc(cc1)C[C@H](NC(=O)c1ccc3c(c1)N(C)C(=O)CO3)C(=O)N[C@@H](Cc1ccccc1)C(=O)N[C@H]2C(C)C.